The molecule has 1 aliphatic carbocycles. The summed E-state index contributed by atoms with van der Waals surface area (Å²) < 4.78 is 38.4. The lowest BCUT2D eigenvalue weighted by Crippen LogP contribution is -2.42. The van der Waals surface area contributed by atoms with Gasteiger partial charge in [-0.15, -0.1) is 0 Å². The van der Waals surface area contributed by atoms with Crippen LogP contribution in [0.25, 0.3) is 0 Å². The third-order valence-corrected chi connectivity index (χ3v) is 3.73. The Bertz CT molecular complexity index is 669. The van der Waals surface area contributed by atoms with Crippen molar-refractivity contribution in [1.29, 1.82) is 0 Å². The molecule has 22 heavy (non-hydrogen) atoms. The fourth-order valence-corrected chi connectivity index (χ4v) is 2.57. The number of rotatable bonds is 2. The molecule has 0 radical (unpaired) electrons. The van der Waals surface area contributed by atoms with Gasteiger partial charge in [0.05, 0.1) is 24.9 Å². The molecular formula is C11H13F3N2O6. The van der Waals surface area contributed by atoms with Gasteiger partial charge in [-0.2, -0.15) is 13.2 Å². The van der Waals surface area contributed by atoms with Crippen molar-refractivity contribution in [3.63, 3.8) is 0 Å². The second-order valence-electron chi connectivity index (χ2n) is 5.02. The molecule has 0 bridgehead atoms. The van der Waals surface area contributed by atoms with E-state index in [0.29, 0.717) is 4.57 Å². The van der Waals surface area contributed by atoms with Crippen LogP contribution in [0.15, 0.2) is 15.8 Å². The van der Waals surface area contributed by atoms with Crippen LogP contribution in [0.3, 0.4) is 0 Å². The summed E-state index contributed by atoms with van der Waals surface area (Å²) in [6, 6.07) is -1.64. The molecular weight excluding hydrogens is 313 g/mol. The van der Waals surface area contributed by atoms with Crippen molar-refractivity contribution >= 4 is 0 Å². The highest BCUT2D eigenvalue weighted by Crippen LogP contribution is 2.35. The smallest absolute Gasteiger partial charge is 0.396 e. The Morgan fingerprint density at radius 3 is 2.18 bits per heavy atom. The molecule has 0 aromatic carbocycles. The van der Waals surface area contributed by atoms with Gasteiger partial charge in [0.2, 0.25) is 0 Å². The van der Waals surface area contributed by atoms with Crippen molar-refractivity contribution in [1.82, 2.24) is 9.55 Å². The predicted molar refractivity (Wildman–Crippen MR) is 64.0 cm³/mol. The molecule has 1 aromatic rings. The van der Waals surface area contributed by atoms with E-state index in [2.05, 4.69) is 0 Å². The number of hydrogen-bond donors (Lipinski definition) is 5. The lowest BCUT2D eigenvalue weighted by Gasteiger charge is -2.22. The van der Waals surface area contributed by atoms with E-state index < -0.39 is 59.9 Å². The average molecular weight is 326 g/mol. The van der Waals surface area contributed by atoms with Crippen LogP contribution in [0.5, 0.6) is 0 Å². The van der Waals surface area contributed by atoms with E-state index >= 15 is 0 Å². The number of aromatic nitrogens is 2. The number of alkyl halides is 3. The molecule has 5 atom stereocenters. The molecule has 5 N–H and O–H groups in total. The Labute approximate surface area is 120 Å². The van der Waals surface area contributed by atoms with E-state index in [9.17, 15) is 38.1 Å². The van der Waals surface area contributed by atoms with Crippen molar-refractivity contribution in [2.75, 3.05) is 6.61 Å². The molecule has 8 nitrogen and oxygen atoms in total. The zero-order valence-corrected chi connectivity index (χ0v) is 10.9. The molecule has 1 aliphatic rings. The van der Waals surface area contributed by atoms with Gasteiger partial charge >= 0.3 is 11.9 Å². The molecule has 0 amide bonds. The molecule has 1 fully saturated rings. The maximum atomic E-state index is 12.7. The summed E-state index contributed by atoms with van der Waals surface area (Å²) in [5.74, 6) is -1.24. The number of hydrogen-bond acceptors (Lipinski definition) is 6. The highest BCUT2D eigenvalue weighted by Gasteiger charge is 2.50. The summed E-state index contributed by atoms with van der Waals surface area (Å²) in [5, 5.41) is 38.4. The number of aliphatic hydroxyl groups excluding tert-OH is 4. The number of nitrogens with zero attached hydrogens (tertiary/aromatic N) is 1. The highest BCUT2D eigenvalue weighted by atomic mass is 19.4. The molecule has 11 heteroatoms. The van der Waals surface area contributed by atoms with Crippen LogP contribution in [-0.4, -0.2) is 54.9 Å². The molecule has 124 valence electrons. The van der Waals surface area contributed by atoms with E-state index in [1.807, 2.05) is 0 Å². The molecule has 2 rings (SSSR count). The minimum Gasteiger partial charge on any atom is -0.396 e. The quantitative estimate of drug-likeness (QED) is 0.418. The second-order valence-corrected chi connectivity index (χ2v) is 5.02. The lowest BCUT2D eigenvalue weighted by atomic mass is 10.0. The summed E-state index contributed by atoms with van der Waals surface area (Å²) in [7, 11) is 0. The lowest BCUT2D eigenvalue weighted by molar-refractivity contribution is -0.139. The monoisotopic (exact) mass is 326 g/mol. The maximum Gasteiger partial charge on any atom is 0.423 e. The van der Waals surface area contributed by atoms with Gasteiger partial charge in [0, 0.05) is 12.1 Å². The Hall–Kier alpha value is -1.69. The van der Waals surface area contributed by atoms with Gasteiger partial charge in [0.15, 0.2) is 0 Å². The highest BCUT2D eigenvalue weighted by molar-refractivity contribution is 5.12. The second kappa shape index (κ2) is 5.50. The molecule has 1 aromatic heterocycles. The van der Waals surface area contributed by atoms with E-state index in [-0.39, 0.29) is 6.20 Å². The van der Waals surface area contributed by atoms with Crippen molar-refractivity contribution in [3.8, 4) is 0 Å². The Balaban J connectivity index is 2.58. The minimum atomic E-state index is -5.05. The van der Waals surface area contributed by atoms with E-state index in [4.69, 9.17) is 5.11 Å². The predicted octanol–water partition coefficient (Wildman–Crippen LogP) is -2.20. The number of nitrogens with one attached hydrogen (secondary N) is 1. The first kappa shape index (κ1) is 16.7. The molecule has 0 spiro atoms. The van der Waals surface area contributed by atoms with Crippen molar-refractivity contribution < 1.29 is 33.6 Å². The summed E-state index contributed by atoms with van der Waals surface area (Å²) in [6.45, 7) is -0.750. The number of aromatic amines is 1. The minimum absolute atomic E-state index is 0.171. The van der Waals surface area contributed by atoms with Gasteiger partial charge in [-0.25, -0.2) is 4.79 Å². The third kappa shape index (κ3) is 2.56. The average Bonchev–Trinajstić information content (AvgIpc) is 2.60. The third-order valence-electron chi connectivity index (χ3n) is 3.73. The molecule has 0 aliphatic heterocycles. The zero-order chi connectivity index (χ0) is 16.8. The van der Waals surface area contributed by atoms with Crippen LogP contribution in [0.4, 0.5) is 13.2 Å². The van der Waals surface area contributed by atoms with Gasteiger partial charge < -0.3 is 20.4 Å². The Morgan fingerprint density at radius 2 is 1.73 bits per heavy atom. The van der Waals surface area contributed by atoms with Gasteiger partial charge in [-0.3, -0.25) is 14.3 Å². The number of halogens is 3. The summed E-state index contributed by atoms with van der Waals surface area (Å²) in [6.07, 6.45) is -9.99. The summed E-state index contributed by atoms with van der Waals surface area (Å²) >= 11 is 0. The largest absolute Gasteiger partial charge is 0.423 e. The van der Waals surface area contributed by atoms with Crippen LogP contribution in [0.1, 0.15) is 11.6 Å². The zero-order valence-electron chi connectivity index (χ0n) is 10.9. The normalized spacial score (nSPS) is 32.4. The van der Waals surface area contributed by atoms with Crippen LogP contribution in [-0.2, 0) is 6.18 Å². The van der Waals surface area contributed by atoms with Crippen LogP contribution in [0.2, 0.25) is 0 Å². The molecule has 0 saturated heterocycles. The van der Waals surface area contributed by atoms with Gasteiger partial charge in [0.1, 0.15) is 11.7 Å². The molecule has 1 heterocycles. The van der Waals surface area contributed by atoms with Crippen molar-refractivity contribution in [3.05, 3.63) is 32.6 Å². The van der Waals surface area contributed by atoms with E-state index in [1.165, 1.54) is 4.98 Å². The summed E-state index contributed by atoms with van der Waals surface area (Å²) in [5.41, 5.74) is -4.63. The van der Waals surface area contributed by atoms with Crippen molar-refractivity contribution in [2.24, 2.45) is 5.92 Å². The Kier molecular flexibility index (Phi) is 4.17. The topological polar surface area (TPSA) is 136 Å². The standard InChI is InChI=1S/C11H13F3N2O6/c12-11(13,14)4-1-16(10(22)15-9(4)21)5-6(18)3(2-17)7(19)8(5)20/h1,3,5-8,17-20H,2H2,(H,15,21,22)/t3-,5+,6+,7?,8?/m1/s1. The maximum absolute atomic E-state index is 12.7. The van der Waals surface area contributed by atoms with Crippen molar-refractivity contribution in [2.45, 2.75) is 30.5 Å². The SMILES string of the molecule is O=c1[nH]c(=O)n([C@@H]2C(O)C(O)[C@H](CO)[C@@H]2O)cc1C(F)(F)F. The molecule has 2 unspecified atom stereocenters. The molecule has 1 saturated carbocycles. The fourth-order valence-electron chi connectivity index (χ4n) is 2.57. The van der Waals surface area contributed by atoms with E-state index in [1.54, 1.807) is 0 Å². The first-order valence-corrected chi connectivity index (χ1v) is 6.17. The first-order chi connectivity index (χ1) is 10.1. The van der Waals surface area contributed by atoms with Gasteiger partial charge in [0.25, 0.3) is 5.56 Å². The number of H-pyrrole nitrogens is 1. The fraction of sp³-hybridized carbons (Fsp3) is 0.636. The summed E-state index contributed by atoms with van der Waals surface area (Å²) in [4.78, 5) is 24.3. The van der Waals surface area contributed by atoms with Crippen LogP contribution in [0, 0.1) is 5.92 Å². The Morgan fingerprint density at radius 1 is 1.14 bits per heavy atom. The van der Waals surface area contributed by atoms with Crippen LogP contribution < -0.4 is 11.2 Å². The van der Waals surface area contributed by atoms with E-state index in [0.717, 1.165) is 0 Å². The van der Waals surface area contributed by atoms with Gasteiger partial charge in [-0.05, 0) is 0 Å². The first-order valence-electron chi connectivity index (χ1n) is 6.17. The van der Waals surface area contributed by atoms with Gasteiger partial charge in [-0.1, -0.05) is 0 Å². The number of aliphatic hydroxyl groups is 4. The van der Waals surface area contributed by atoms with Crippen LogP contribution >= 0.6 is 0 Å².